The molecule has 0 saturated heterocycles. The lowest BCUT2D eigenvalue weighted by Gasteiger charge is -2.06. The van der Waals surface area contributed by atoms with Crippen molar-refractivity contribution in [3.05, 3.63) is 60.4 Å². The topological polar surface area (TPSA) is 4.10 Å². The van der Waals surface area contributed by atoms with Gasteiger partial charge in [0.2, 0.25) is 5.52 Å². The minimum absolute atomic E-state index is 0.594. The lowest BCUT2D eigenvalue weighted by Crippen LogP contribution is -2.19. The van der Waals surface area contributed by atoms with E-state index in [0.29, 0.717) is 5.39 Å². The first kappa shape index (κ1) is 11.0. The van der Waals surface area contributed by atoms with Crippen molar-refractivity contribution < 1.29 is 17.6 Å². The van der Waals surface area contributed by atoms with E-state index in [1.165, 1.54) is 12.1 Å². The van der Waals surface area contributed by atoms with E-state index in [1.54, 1.807) is 6.07 Å². The highest BCUT2D eigenvalue weighted by Crippen LogP contribution is 2.31. The molecule has 3 rings (SSSR count). The SMILES string of the molecule is FC(F)(F)c1ccc2c[n+]3ccccc3cc2c1. The molecule has 0 unspecified atom stereocenters. The molecule has 4 heteroatoms. The Hall–Kier alpha value is -2.10. The smallest absolute Gasteiger partial charge is 0.167 e. The van der Waals surface area contributed by atoms with Crippen LogP contribution in [0.5, 0.6) is 0 Å². The molecule has 0 fully saturated rings. The molecule has 3 aromatic rings. The highest BCUT2D eigenvalue weighted by atomic mass is 19.4. The molecule has 0 aliphatic rings. The normalized spacial score (nSPS) is 12.2. The lowest BCUT2D eigenvalue weighted by molar-refractivity contribution is -0.510. The molecule has 2 heterocycles. The van der Waals surface area contributed by atoms with Crippen LogP contribution in [0.2, 0.25) is 0 Å². The summed E-state index contributed by atoms with van der Waals surface area (Å²) in [7, 11) is 0. The molecule has 0 aliphatic heterocycles. The van der Waals surface area contributed by atoms with Crippen molar-refractivity contribution >= 4 is 16.3 Å². The number of aromatic nitrogens is 1. The Morgan fingerprint density at radius 1 is 0.889 bits per heavy atom. The number of alkyl halides is 3. The van der Waals surface area contributed by atoms with Gasteiger partial charge in [0.05, 0.1) is 5.56 Å². The number of nitrogens with zero attached hydrogens (tertiary/aromatic N) is 1. The van der Waals surface area contributed by atoms with Gasteiger partial charge >= 0.3 is 6.18 Å². The molecule has 2 aromatic heterocycles. The third-order valence-electron chi connectivity index (χ3n) is 2.92. The first-order valence-electron chi connectivity index (χ1n) is 5.45. The fourth-order valence-electron chi connectivity index (χ4n) is 2.01. The van der Waals surface area contributed by atoms with Crippen LogP contribution in [-0.4, -0.2) is 0 Å². The van der Waals surface area contributed by atoms with Crippen molar-refractivity contribution in [2.75, 3.05) is 0 Å². The summed E-state index contributed by atoms with van der Waals surface area (Å²) in [6, 6.07) is 11.1. The summed E-state index contributed by atoms with van der Waals surface area (Å²) in [6.45, 7) is 0. The number of benzene rings is 1. The van der Waals surface area contributed by atoms with Gasteiger partial charge in [-0.1, -0.05) is 0 Å². The van der Waals surface area contributed by atoms with Gasteiger partial charge in [0, 0.05) is 23.6 Å². The van der Waals surface area contributed by atoms with Gasteiger partial charge < -0.3 is 0 Å². The van der Waals surface area contributed by atoms with Crippen molar-refractivity contribution in [3.8, 4) is 0 Å². The van der Waals surface area contributed by atoms with Crippen LogP contribution in [0, 0.1) is 0 Å². The van der Waals surface area contributed by atoms with Crippen LogP contribution in [0.1, 0.15) is 5.56 Å². The number of pyridine rings is 2. The molecule has 0 radical (unpaired) electrons. The van der Waals surface area contributed by atoms with Crippen molar-refractivity contribution in [1.82, 2.24) is 0 Å². The molecule has 1 aromatic carbocycles. The fourth-order valence-corrected chi connectivity index (χ4v) is 2.01. The minimum atomic E-state index is -4.30. The number of hydrogen-bond acceptors (Lipinski definition) is 0. The summed E-state index contributed by atoms with van der Waals surface area (Å²) in [5.74, 6) is 0. The van der Waals surface area contributed by atoms with E-state index in [-0.39, 0.29) is 0 Å². The van der Waals surface area contributed by atoms with E-state index in [2.05, 4.69) is 0 Å². The maximum absolute atomic E-state index is 12.6. The summed E-state index contributed by atoms with van der Waals surface area (Å²) in [5, 5.41) is 1.38. The molecule has 90 valence electrons. The van der Waals surface area contributed by atoms with Crippen molar-refractivity contribution in [1.29, 1.82) is 0 Å². The fraction of sp³-hybridized carbons (Fsp3) is 0.0714. The predicted octanol–water partition coefficient (Wildman–Crippen LogP) is 3.60. The van der Waals surface area contributed by atoms with Crippen molar-refractivity contribution in [3.63, 3.8) is 0 Å². The molecule has 0 aliphatic carbocycles. The average molecular weight is 248 g/mol. The van der Waals surface area contributed by atoms with Gasteiger partial charge in [0.15, 0.2) is 12.4 Å². The lowest BCUT2D eigenvalue weighted by atomic mass is 10.1. The standard InChI is InChI=1S/C14H9F3N/c15-14(16,17)12-5-4-10-9-18-6-2-1-3-13(18)8-11(10)7-12/h1-9H/q+1. The van der Waals surface area contributed by atoms with E-state index in [1.807, 2.05) is 35.0 Å². The maximum atomic E-state index is 12.6. The number of rotatable bonds is 0. The van der Waals surface area contributed by atoms with Gasteiger partial charge in [-0.05, 0) is 29.7 Å². The molecule has 0 spiro atoms. The third-order valence-corrected chi connectivity index (χ3v) is 2.92. The van der Waals surface area contributed by atoms with E-state index in [4.69, 9.17) is 0 Å². The van der Waals surface area contributed by atoms with Gasteiger partial charge in [-0.3, -0.25) is 0 Å². The summed E-state index contributed by atoms with van der Waals surface area (Å²) >= 11 is 0. The third kappa shape index (κ3) is 1.79. The highest BCUT2D eigenvalue weighted by molar-refractivity contribution is 5.84. The number of halogens is 3. The van der Waals surface area contributed by atoms with Crippen LogP contribution in [0.4, 0.5) is 13.2 Å². The first-order chi connectivity index (χ1) is 8.54. The quantitative estimate of drug-likeness (QED) is 0.423. The number of fused-ring (bicyclic) bond motifs is 2. The highest BCUT2D eigenvalue weighted by Gasteiger charge is 2.30. The largest absolute Gasteiger partial charge is 0.416 e. The molecule has 0 amide bonds. The molecule has 0 saturated carbocycles. The Morgan fingerprint density at radius 3 is 2.50 bits per heavy atom. The first-order valence-corrected chi connectivity index (χ1v) is 5.45. The minimum Gasteiger partial charge on any atom is -0.167 e. The van der Waals surface area contributed by atoms with Gasteiger partial charge in [0.1, 0.15) is 0 Å². The van der Waals surface area contributed by atoms with Gasteiger partial charge in [0.25, 0.3) is 0 Å². The second kappa shape index (κ2) is 3.70. The zero-order chi connectivity index (χ0) is 12.8. The van der Waals surface area contributed by atoms with E-state index in [9.17, 15) is 13.2 Å². The van der Waals surface area contributed by atoms with E-state index in [0.717, 1.165) is 17.0 Å². The van der Waals surface area contributed by atoms with E-state index >= 15 is 0 Å². The Balaban J connectivity index is 2.31. The Morgan fingerprint density at radius 2 is 1.72 bits per heavy atom. The van der Waals surface area contributed by atoms with Crippen LogP contribution < -0.4 is 4.40 Å². The van der Waals surface area contributed by atoms with E-state index < -0.39 is 11.7 Å². The monoisotopic (exact) mass is 248 g/mol. The zero-order valence-electron chi connectivity index (χ0n) is 9.28. The maximum Gasteiger partial charge on any atom is 0.416 e. The molecule has 0 atom stereocenters. The van der Waals surface area contributed by atoms with Gasteiger partial charge in [-0.2, -0.15) is 17.6 Å². The van der Waals surface area contributed by atoms with Crippen molar-refractivity contribution in [2.45, 2.75) is 6.18 Å². The summed E-state index contributed by atoms with van der Waals surface area (Å²) in [5.41, 5.74) is 0.250. The predicted molar refractivity (Wildman–Crippen MR) is 62.1 cm³/mol. The zero-order valence-corrected chi connectivity index (χ0v) is 9.28. The summed E-state index contributed by atoms with van der Waals surface area (Å²) in [4.78, 5) is 0. The molecular weight excluding hydrogens is 239 g/mol. The van der Waals surface area contributed by atoms with Crippen LogP contribution in [0.3, 0.4) is 0 Å². The summed E-state index contributed by atoms with van der Waals surface area (Å²) < 4.78 is 39.8. The molecule has 1 nitrogen and oxygen atoms in total. The van der Waals surface area contributed by atoms with Crippen LogP contribution in [0.15, 0.2) is 54.9 Å². The van der Waals surface area contributed by atoms with Crippen LogP contribution in [0.25, 0.3) is 16.3 Å². The second-order valence-electron chi connectivity index (χ2n) is 4.15. The Bertz CT molecular complexity index is 732. The van der Waals surface area contributed by atoms with Crippen LogP contribution in [-0.2, 0) is 6.18 Å². The van der Waals surface area contributed by atoms with Crippen molar-refractivity contribution in [2.24, 2.45) is 0 Å². The van der Waals surface area contributed by atoms with Gasteiger partial charge in [-0.15, -0.1) is 0 Å². The van der Waals surface area contributed by atoms with Gasteiger partial charge in [-0.25, -0.2) is 0 Å². The average Bonchev–Trinajstić information content (AvgIpc) is 2.34. The summed E-state index contributed by atoms with van der Waals surface area (Å²) in [6.07, 6.45) is -0.607. The molecular formula is C14H9F3N+. The molecule has 18 heavy (non-hydrogen) atoms. The molecule has 0 bridgehead atoms. The second-order valence-corrected chi connectivity index (χ2v) is 4.15. The Labute approximate surface area is 101 Å². The number of hydrogen-bond donors (Lipinski definition) is 0. The molecule has 0 N–H and O–H groups in total. The Kier molecular flexibility index (Phi) is 2.26. The van der Waals surface area contributed by atoms with Crippen LogP contribution >= 0.6 is 0 Å².